The van der Waals surface area contributed by atoms with Crippen LogP contribution in [-0.4, -0.2) is 10.9 Å². The van der Waals surface area contributed by atoms with Crippen LogP contribution in [0.5, 0.6) is 0 Å². The van der Waals surface area contributed by atoms with Gasteiger partial charge in [-0.05, 0) is 19.1 Å². The second-order valence-electron chi connectivity index (χ2n) is 4.61. The number of aromatic nitrogens is 1. The fourth-order valence-electron chi connectivity index (χ4n) is 1.73. The summed E-state index contributed by atoms with van der Waals surface area (Å²) in [7, 11) is 0. The number of aryl methyl sites for hydroxylation is 1. The van der Waals surface area contributed by atoms with Gasteiger partial charge in [0.2, 0.25) is 0 Å². The third-order valence-electron chi connectivity index (χ3n) is 2.80. The molecule has 0 aliphatic heterocycles. The van der Waals surface area contributed by atoms with E-state index in [1.165, 1.54) is 23.5 Å². The smallest absolute Gasteiger partial charge is 0.337 e. The summed E-state index contributed by atoms with van der Waals surface area (Å²) in [5.74, 6) is -0.949. The molecular weight excluding hydrogens is 341 g/mol. The molecule has 0 saturated carbocycles. The number of hydrogen-bond donors (Lipinski definition) is 2. The first-order chi connectivity index (χ1) is 11.3. The number of nitriles is 1. The van der Waals surface area contributed by atoms with Crippen LogP contribution in [0, 0.1) is 18.3 Å². The number of halogens is 3. The zero-order chi connectivity index (χ0) is 17.7. The molecule has 0 aliphatic carbocycles. The number of alkyl halides is 3. The Balaban J connectivity index is 2.17. The molecule has 0 spiro atoms. The number of carbonyl (C=O) groups is 1. The summed E-state index contributed by atoms with van der Waals surface area (Å²) in [5, 5.41) is 16.0. The Morgan fingerprint density at radius 1 is 1.38 bits per heavy atom. The second kappa shape index (κ2) is 7.14. The van der Waals surface area contributed by atoms with Crippen molar-refractivity contribution in [3.63, 3.8) is 0 Å². The van der Waals surface area contributed by atoms with Gasteiger partial charge in [-0.25, -0.2) is 4.98 Å². The summed E-state index contributed by atoms with van der Waals surface area (Å²) in [6, 6.07) is 6.18. The number of amides is 1. The molecule has 0 aliphatic rings. The summed E-state index contributed by atoms with van der Waals surface area (Å²) in [4.78, 5) is 16.1. The monoisotopic (exact) mass is 352 g/mol. The lowest BCUT2D eigenvalue weighted by Gasteiger charge is -2.13. The van der Waals surface area contributed by atoms with Gasteiger partial charge in [-0.15, -0.1) is 11.3 Å². The van der Waals surface area contributed by atoms with E-state index in [0.29, 0.717) is 5.13 Å². The van der Waals surface area contributed by atoms with E-state index in [9.17, 15) is 18.0 Å². The molecule has 0 atom stereocenters. The van der Waals surface area contributed by atoms with Gasteiger partial charge < -0.3 is 10.6 Å². The number of carbonyl (C=O) groups excluding carboxylic acids is 1. The lowest BCUT2D eigenvalue weighted by atomic mass is 10.1. The van der Waals surface area contributed by atoms with Crippen molar-refractivity contribution in [1.29, 1.82) is 5.26 Å². The molecule has 24 heavy (non-hydrogen) atoms. The number of nitrogens with zero attached hydrogens (tertiary/aromatic N) is 2. The van der Waals surface area contributed by atoms with Crippen LogP contribution in [-0.2, 0) is 11.0 Å². The van der Waals surface area contributed by atoms with Gasteiger partial charge in [-0.3, -0.25) is 4.79 Å². The van der Waals surface area contributed by atoms with E-state index in [1.54, 1.807) is 18.4 Å². The number of para-hydroxylation sites is 1. The molecule has 1 amide bonds. The number of thiazole rings is 1. The van der Waals surface area contributed by atoms with E-state index < -0.39 is 23.3 Å². The maximum Gasteiger partial charge on any atom is 0.418 e. The predicted octanol–water partition coefficient (Wildman–Crippen LogP) is 3.93. The van der Waals surface area contributed by atoms with Crippen molar-refractivity contribution < 1.29 is 18.0 Å². The Hall–Kier alpha value is -2.86. The van der Waals surface area contributed by atoms with Gasteiger partial charge in [0.05, 0.1) is 16.9 Å². The Morgan fingerprint density at radius 2 is 2.08 bits per heavy atom. The minimum Gasteiger partial charge on any atom is -0.337 e. The molecular formula is C15H11F3N4OS. The van der Waals surface area contributed by atoms with Gasteiger partial charge in [-0.2, -0.15) is 18.4 Å². The summed E-state index contributed by atoms with van der Waals surface area (Å²) in [5.41, 5.74) is -1.02. The molecule has 0 saturated heterocycles. The van der Waals surface area contributed by atoms with Crippen molar-refractivity contribution in [3.8, 4) is 6.07 Å². The Kier molecular flexibility index (Phi) is 5.21. The molecule has 2 aromatic rings. The maximum atomic E-state index is 12.9. The fraction of sp³-hybridized carbons (Fsp3) is 0.133. The average Bonchev–Trinajstić information content (AvgIpc) is 2.93. The first kappa shape index (κ1) is 17.5. The Morgan fingerprint density at radius 3 is 2.67 bits per heavy atom. The van der Waals surface area contributed by atoms with Crippen molar-refractivity contribution in [2.75, 3.05) is 10.6 Å². The molecule has 0 unspecified atom stereocenters. The van der Waals surface area contributed by atoms with Crippen LogP contribution >= 0.6 is 11.3 Å². The zero-order valence-electron chi connectivity index (χ0n) is 12.3. The zero-order valence-corrected chi connectivity index (χ0v) is 13.1. The van der Waals surface area contributed by atoms with Gasteiger partial charge in [0, 0.05) is 11.6 Å². The van der Waals surface area contributed by atoms with Crippen molar-refractivity contribution in [1.82, 2.24) is 4.98 Å². The topological polar surface area (TPSA) is 77.8 Å². The Labute approximate surface area is 139 Å². The summed E-state index contributed by atoms with van der Waals surface area (Å²) < 4.78 is 38.7. The van der Waals surface area contributed by atoms with Crippen LogP contribution in [0.1, 0.15) is 11.3 Å². The van der Waals surface area contributed by atoms with Crippen molar-refractivity contribution in [3.05, 3.63) is 52.7 Å². The molecule has 0 fully saturated rings. The molecule has 5 nitrogen and oxygen atoms in total. The molecule has 1 aromatic carbocycles. The normalized spacial score (nSPS) is 11.7. The standard InChI is InChI=1S/C15H11F3N4OS/c1-9-8-24-14(21-9)20-7-10(6-19)13(23)22-12-5-3-2-4-11(12)15(16,17)18/h2-5,7-8H,1H3,(H,20,21)(H,22,23)/b10-7-. The Bertz CT molecular complexity index is 821. The SMILES string of the molecule is Cc1csc(N/C=C(/C#N)C(=O)Nc2ccccc2C(F)(F)F)n1. The first-order valence-electron chi connectivity index (χ1n) is 6.58. The van der Waals surface area contributed by atoms with Crippen molar-refractivity contribution in [2.24, 2.45) is 0 Å². The predicted molar refractivity (Wildman–Crippen MR) is 84.2 cm³/mol. The highest BCUT2D eigenvalue weighted by Gasteiger charge is 2.33. The molecule has 0 bridgehead atoms. The van der Waals surface area contributed by atoms with Gasteiger partial charge in [0.25, 0.3) is 5.91 Å². The molecule has 1 aromatic heterocycles. The summed E-state index contributed by atoms with van der Waals surface area (Å²) >= 11 is 1.27. The van der Waals surface area contributed by atoms with Crippen molar-refractivity contribution in [2.45, 2.75) is 13.1 Å². The molecule has 124 valence electrons. The maximum absolute atomic E-state index is 12.9. The molecule has 2 N–H and O–H groups in total. The largest absolute Gasteiger partial charge is 0.418 e. The fourth-order valence-corrected chi connectivity index (χ4v) is 2.39. The highest BCUT2D eigenvalue weighted by atomic mass is 32.1. The van der Waals surface area contributed by atoms with Crippen LogP contribution < -0.4 is 10.6 Å². The number of anilines is 2. The first-order valence-corrected chi connectivity index (χ1v) is 7.45. The van der Waals surface area contributed by atoms with E-state index in [4.69, 9.17) is 5.26 Å². The van der Waals surface area contributed by atoms with Crippen molar-refractivity contribution >= 4 is 28.1 Å². The average molecular weight is 352 g/mol. The van der Waals surface area contributed by atoms with Crippen LogP contribution in [0.15, 0.2) is 41.4 Å². The quantitative estimate of drug-likeness (QED) is 0.646. The van der Waals surface area contributed by atoms with Crippen LogP contribution in [0.3, 0.4) is 0 Å². The number of rotatable bonds is 4. The number of hydrogen-bond acceptors (Lipinski definition) is 5. The summed E-state index contributed by atoms with van der Waals surface area (Å²) in [6.07, 6.45) is -3.51. The molecule has 2 rings (SSSR count). The lowest BCUT2D eigenvalue weighted by molar-refractivity contribution is -0.137. The summed E-state index contributed by atoms with van der Waals surface area (Å²) in [6.45, 7) is 1.78. The van der Waals surface area contributed by atoms with E-state index in [0.717, 1.165) is 24.0 Å². The third kappa shape index (κ3) is 4.33. The second-order valence-corrected chi connectivity index (χ2v) is 5.46. The van der Waals surface area contributed by atoms with Crippen LogP contribution in [0.25, 0.3) is 0 Å². The van der Waals surface area contributed by atoms with Gasteiger partial charge in [0.1, 0.15) is 11.6 Å². The molecule has 9 heteroatoms. The third-order valence-corrected chi connectivity index (χ3v) is 3.70. The van der Waals surface area contributed by atoms with E-state index in [1.807, 2.05) is 0 Å². The van der Waals surface area contributed by atoms with Gasteiger partial charge in [0.15, 0.2) is 5.13 Å². The lowest BCUT2D eigenvalue weighted by Crippen LogP contribution is -2.18. The highest BCUT2D eigenvalue weighted by molar-refractivity contribution is 7.13. The van der Waals surface area contributed by atoms with E-state index >= 15 is 0 Å². The molecule has 1 heterocycles. The number of nitrogens with one attached hydrogen (secondary N) is 2. The van der Waals surface area contributed by atoms with E-state index in [2.05, 4.69) is 15.6 Å². The van der Waals surface area contributed by atoms with Crippen LogP contribution in [0.2, 0.25) is 0 Å². The highest BCUT2D eigenvalue weighted by Crippen LogP contribution is 2.34. The number of benzene rings is 1. The minimum atomic E-state index is -4.61. The van der Waals surface area contributed by atoms with Gasteiger partial charge >= 0.3 is 6.18 Å². The molecule has 0 radical (unpaired) electrons. The minimum absolute atomic E-state index is 0.375. The van der Waals surface area contributed by atoms with Crippen LogP contribution in [0.4, 0.5) is 24.0 Å². The van der Waals surface area contributed by atoms with E-state index in [-0.39, 0.29) is 5.57 Å². The van der Waals surface area contributed by atoms with Gasteiger partial charge in [-0.1, -0.05) is 12.1 Å².